The SMILES string of the molecule is CCC(C)C(NC(=O)CC(C(=O)O)C(F)F)C(=O)O. The number of carboxylic acid groups (broad SMARTS) is 2. The summed E-state index contributed by atoms with van der Waals surface area (Å²) in [6.45, 7) is 3.30. The van der Waals surface area contributed by atoms with Crippen LogP contribution in [0.15, 0.2) is 0 Å². The molecule has 0 fully saturated rings. The summed E-state index contributed by atoms with van der Waals surface area (Å²) in [6, 6.07) is -1.22. The lowest BCUT2D eigenvalue weighted by atomic mass is 9.98. The third-order valence-corrected chi connectivity index (χ3v) is 2.82. The summed E-state index contributed by atoms with van der Waals surface area (Å²) in [4.78, 5) is 32.8. The monoisotopic (exact) mass is 281 g/mol. The van der Waals surface area contributed by atoms with Gasteiger partial charge >= 0.3 is 11.9 Å². The van der Waals surface area contributed by atoms with Gasteiger partial charge in [0.2, 0.25) is 5.91 Å². The molecule has 3 unspecified atom stereocenters. The van der Waals surface area contributed by atoms with E-state index in [0.717, 1.165) is 0 Å². The normalized spacial score (nSPS) is 15.6. The second-order valence-corrected chi connectivity index (χ2v) is 4.25. The highest BCUT2D eigenvalue weighted by molar-refractivity contribution is 5.86. The second kappa shape index (κ2) is 7.65. The molecule has 19 heavy (non-hydrogen) atoms. The summed E-state index contributed by atoms with van der Waals surface area (Å²) in [5.74, 6) is -6.62. The summed E-state index contributed by atoms with van der Waals surface area (Å²) in [6.07, 6.45) is -3.67. The predicted molar refractivity (Wildman–Crippen MR) is 60.8 cm³/mol. The van der Waals surface area contributed by atoms with Gasteiger partial charge in [-0.15, -0.1) is 0 Å². The van der Waals surface area contributed by atoms with Crippen LogP contribution in [-0.4, -0.2) is 40.5 Å². The summed E-state index contributed by atoms with van der Waals surface area (Å²) in [5.41, 5.74) is 0. The molecule has 3 N–H and O–H groups in total. The van der Waals surface area contributed by atoms with Crippen LogP contribution in [0.2, 0.25) is 0 Å². The van der Waals surface area contributed by atoms with Gasteiger partial charge in [0.05, 0.1) is 0 Å². The number of amides is 1. The maximum atomic E-state index is 12.4. The first-order chi connectivity index (χ1) is 8.70. The van der Waals surface area contributed by atoms with Crippen LogP contribution in [0.25, 0.3) is 0 Å². The Morgan fingerprint density at radius 3 is 2.00 bits per heavy atom. The number of carboxylic acids is 2. The van der Waals surface area contributed by atoms with Gasteiger partial charge in [-0.05, 0) is 5.92 Å². The van der Waals surface area contributed by atoms with Crippen LogP contribution in [-0.2, 0) is 14.4 Å². The van der Waals surface area contributed by atoms with Crippen LogP contribution in [0.3, 0.4) is 0 Å². The highest BCUT2D eigenvalue weighted by Gasteiger charge is 2.32. The standard InChI is InChI=1S/C11H17F2NO5/c1-3-5(2)8(11(18)19)14-7(15)4-6(9(12)13)10(16)17/h5-6,8-9H,3-4H2,1-2H3,(H,14,15)(H,16,17)(H,18,19). The third kappa shape index (κ3) is 5.62. The molecule has 0 rings (SSSR count). The van der Waals surface area contributed by atoms with E-state index in [1.54, 1.807) is 13.8 Å². The zero-order valence-corrected chi connectivity index (χ0v) is 10.6. The molecule has 0 aliphatic carbocycles. The molecular weight excluding hydrogens is 264 g/mol. The molecule has 0 aliphatic rings. The maximum Gasteiger partial charge on any atom is 0.326 e. The average Bonchev–Trinajstić information content (AvgIpc) is 2.30. The third-order valence-electron chi connectivity index (χ3n) is 2.82. The first kappa shape index (κ1) is 17.3. The molecule has 3 atom stereocenters. The van der Waals surface area contributed by atoms with Crippen molar-refractivity contribution >= 4 is 17.8 Å². The number of alkyl halides is 2. The van der Waals surface area contributed by atoms with E-state index in [1.807, 2.05) is 0 Å². The number of rotatable bonds is 8. The first-order valence-corrected chi connectivity index (χ1v) is 5.73. The molecule has 0 heterocycles. The highest BCUT2D eigenvalue weighted by atomic mass is 19.3. The Kier molecular flexibility index (Phi) is 6.95. The Morgan fingerprint density at radius 2 is 1.68 bits per heavy atom. The van der Waals surface area contributed by atoms with Crippen molar-refractivity contribution in [1.29, 1.82) is 0 Å². The van der Waals surface area contributed by atoms with E-state index in [0.29, 0.717) is 6.42 Å². The van der Waals surface area contributed by atoms with E-state index in [9.17, 15) is 23.2 Å². The van der Waals surface area contributed by atoms with Crippen LogP contribution in [0, 0.1) is 11.8 Å². The number of aliphatic carboxylic acids is 2. The van der Waals surface area contributed by atoms with Gasteiger partial charge in [0.15, 0.2) is 0 Å². The van der Waals surface area contributed by atoms with Gasteiger partial charge in [0, 0.05) is 6.42 Å². The van der Waals surface area contributed by atoms with Gasteiger partial charge in [-0.3, -0.25) is 9.59 Å². The van der Waals surface area contributed by atoms with E-state index in [2.05, 4.69) is 5.32 Å². The van der Waals surface area contributed by atoms with Crippen molar-refractivity contribution < 1.29 is 33.4 Å². The maximum absolute atomic E-state index is 12.4. The Hall–Kier alpha value is -1.73. The van der Waals surface area contributed by atoms with Crippen molar-refractivity contribution in [3.05, 3.63) is 0 Å². The minimum atomic E-state index is -3.19. The van der Waals surface area contributed by atoms with Crippen molar-refractivity contribution in [1.82, 2.24) is 5.32 Å². The van der Waals surface area contributed by atoms with Gasteiger partial charge in [-0.25, -0.2) is 13.6 Å². The number of halogens is 2. The van der Waals surface area contributed by atoms with E-state index in [4.69, 9.17) is 10.2 Å². The molecule has 8 heteroatoms. The predicted octanol–water partition coefficient (Wildman–Crippen LogP) is 0.958. The highest BCUT2D eigenvalue weighted by Crippen LogP contribution is 2.15. The van der Waals surface area contributed by atoms with E-state index in [-0.39, 0.29) is 0 Å². The molecule has 6 nitrogen and oxygen atoms in total. The minimum Gasteiger partial charge on any atom is -0.481 e. The molecule has 0 saturated carbocycles. The van der Waals surface area contributed by atoms with Crippen molar-refractivity contribution in [2.24, 2.45) is 11.8 Å². The molecule has 0 radical (unpaired) electrons. The second-order valence-electron chi connectivity index (χ2n) is 4.25. The fourth-order valence-electron chi connectivity index (χ4n) is 1.40. The molecule has 0 aromatic carbocycles. The number of hydrogen-bond donors (Lipinski definition) is 3. The summed E-state index contributed by atoms with van der Waals surface area (Å²) < 4.78 is 24.7. The Labute approximate surface area is 108 Å². The molecule has 0 aromatic rings. The van der Waals surface area contributed by atoms with Crippen LogP contribution < -0.4 is 5.32 Å². The van der Waals surface area contributed by atoms with Crippen molar-refractivity contribution in [3.8, 4) is 0 Å². The average molecular weight is 281 g/mol. The van der Waals surface area contributed by atoms with Gasteiger partial charge in [0.1, 0.15) is 12.0 Å². The molecule has 0 aliphatic heterocycles. The lowest BCUT2D eigenvalue weighted by Crippen LogP contribution is -2.46. The molecule has 0 spiro atoms. The van der Waals surface area contributed by atoms with Crippen LogP contribution in [0.1, 0.15) is 26.7 Å². The zero-order chi connectivity index (χ0) is 15.2. The summed E-state index contributed by atoms with van der Waals surface area (Å²) in [5, 5.41) is 19.5. The Bertz CT molecular complexity index is 348. The van der Waals surface area contributed by atoms with Crippen LogP contribution in [0.4, 0.5) is 8.78 Å². The van der Waals surface area contributed by atoms with Crippen LogP contribution in [0.5, 0.6) is 0 Å². The number of carbonyl (C=O) groups excluding carboxylic acids is 1. The van der Waals surface area contributed by atoms with Gasteiger partial charge < -0.3 is 15.5 Å². The van der Waals surface area contributed by atoms with Crippen LogP contribution >= 0.6 is 0 Å². The van der Waals surface area contributed by atoms with E-state index in [1.165, 1.54) is 0 Å². The molecule has 0 aromatic heterocycles. The summed E-state index contributed by atoms with van der Waals surface area (Å²) in [7, 11) is 0. The molecule has 110 valence electrons. The minimum absolute atomic E-state index is 0.392. The van der Waals surface area contributed by atoms with Gasteiger partial charge in [0.25, 0.3) is 6.43 Å². The smallest absolute Gasteiger partial charge is 0.326 e. The molecule has 0 saturated heterocycles. The number of carbonyl (C=O) groups is 3. The molecular formula is C11H17F2NO5. The number of nitrogens with one attached hydrogen (secondary N) is 1. The van der Waals surface area contributed by atoms with E-state index >= 15 is 0 Å². The Balaban J connectivity index is 4.65. The first-order valence-electron chi connectivity index (χ1n) is 5.73. The van der Waals surface area contributed by atoms with Crippen molar-refractivity contribution in [2.75, 3.05) is 0 Å². The molecule has 1 amide bonds. The quantitative estimate of drug-likeness (QED) is 0.614. The summed E-state index contributed by atoms with van der Waals surface area (Å²) >= 11 is 0. The number of hydrogen-bond acceptors (Lipinski definition) is 3. The van der Waals surface area contributed by atoms with E-state index < -0.39 is 48.6 Å². The van der Waals surface area contributed by atoms with Gasteiger partial charge in [-0.1, -0.05) is 20.3 Å². The topological polar surface area (TPSA) is 104 Å². The zero-order valence-electron chi connectivity index (χ0n) is 10.6. The van der Waals surface area contributed by atoms with Crippen molar-refractivity contribution in [2.45, 2.75) is 39.2 Å². The van der Waals surface area contributed by atoms with Crippen molar-refractivity contribution in [3.63, 3.8) is 0 Å². The lowest BCUT2D eigenvalue weighted by Gasteiger charge is -2.21. The van der Waals surface area contributed by atoms with Gasteiger partial charge in [-0.2, -0.15) is 0 Å². The fraction of sp³-hybridized carbons (Fsp3) is 0.727. The fourth-order valence-corrected chi connectivity index (χ4v) is 1.40. The lowest BCUT2D eigenvalue weighted by molar-refractivity contribution is -0.150. The Morgan fingerprint density at radius 1 is 1.16 bits per heavy atom. The largest absolute Gasteiger partial charge is 0.481 e. The molecule has 0 bridgehead atoms.